The predicted molar refractivity (Wildman–Crippen MR) is 64.0 cm³/mol. The lowest BCUT2D eigenvalue weighted by molar-refractivity contribution is -0.142. The molecule has 0 amide bonds. The number of aromatic nitrogens is 1. The first kappa shape index (κ1) is 13.4. The van der Waals surface area contributed by atoms with Crippen LogP contribution in [0.5, 0.6) is 5.75 Å². The SMILES string of the molecule is Oc1c(Br)cc(Br)cc1-c1cc(C(F)(F)F)no1. The molecule has 0 unspecified atom stereocenters. The average Bonchev–Trinajstić information content (AvgIpc) is 2.71. The van der Waals surface area contributed by atoms with E-state index in [1.54, 1.807) is 6.07 Å². The van der Waals surface area contributed by atoms with E-state index in [0.717, 1.165) is 6.07 Å². The Labute approximate surface area is 116 Å². The van der Waals surface area contributed by atoms with Crippen LogP contribution in [0.4, 0.5) is 13.2 Å². The average molecular weight is 387 g/mol. The van der Waals surface area contributed by atoms with Crippen molar-refractivity contribution >= 4 is 31.9 Å². The highest BCUT2D eigenvalue weighted by Crippen LogP contribution is 2.40. The molecule has 18 heavy (non-hydrogen) atoms. The number of hydrogen-bond acceptors (Lipinski definition) is 3. The van der Waals surface area contributed by atoms with Gasteiger partial charge in [-0.2, -0.15) is 13.2 Å². The fourth-order valence-electron chi connectivity index (χ4n) is 1.29. The van der Waals surface area contributed by atoms with Crippen molar-refractivity contribution in [3.63, 3.8) is 0 Å². The second-order valence-electron chi connectivity index (χ2n) is 3.36. The summed E-state index contributed by atoms with van der Waals surface area (Å²) >= 11 is 6.24. The molecule has 0 saturated heterocycles. The summed E-state index contributed by atoms with van der Waals surface area (Å²) in [6.07, 6.45) is -4.58. The zero-order valence-electron chi connectivity index (χ0n) is 8.42. The summed E-state index contributed by atoms with van der Waals surface area (Å²) in [5, 5.41) is 12.7. The van der Waals surface area contributed by atoms with E-state index < -0.39 is 11.9 Å². The van der Waals surface area contributed by atoms with Crippen molar-refractivity contribution in [1.82, 2.24) is 5.16 Å². The predicted octanol–water partition coefficient (Wildman–Crippen LogP) is 4.59. The Bertz CT molecular complexity index is 595. The monoisotopic (exact) mass is 385 g/mol. The van der Waals surface area contributed by atoms with Crippen LogP contribution < -0.4 is 0 Å². The lowest BCUT2D eigenvalue weighted by atomic mass is 10.1. The van der Waals surface area contributed by atoms with Crippen LogP contribution >= 0.6 is 31.9 Å². The minimum absolute atomic E-state index is 0.110. The number of aromatic hydroxyl groups is 1. The van der Waals surface area contributed by atoms with Crippen molar-refractivity contribution in [1.29, 1.82) is 0 Å². The first-order chi connectivity index (χ1) is 8.29. The van der Waals surface area contributed by atoms with E-state index in [1.165, 1.54) is 6.07 Å². The molecular formula is C10H4Br2F3NO2. The highest BCUT2D eigenvalue weighted by molar-refractivity contribution is 9.11. The fraction of sp³-hybridized carbons (Fsp3) is 0.100. The standard InChI is InChI=1S/C10H4Br2F3NO2/c11-4-1-5(9(17)6(12)2-4)7-3-8(16-18-7)10(13,14)15/h1-3,17H. The molecule has 2 rings (SSSR count). The quantitative estimate of drug-likeness (QED) is 0.779. The minimum Gasteiger partial charge on any atom is -0.506 e. The number of benzene rings is 1. The van der Waals surface area contributed by atoms with Crippen molar-refractivity contribution in [3.8, 4) is 17.1 Å². The topological polar surface area (TPSA) is 46.3 Å². The molecule has 1 aromatic carbocycles. The summed E-state index contributed by atoms with van der Waals surface area (Å²) in [7, 11) is 0. The van der Waals surface area contributed by atoms with Crippen molar-refractivity contribution in [3.05, 3.63) is 32.8 Å². The molecule has 0 fully saturated rings. The molecule has 3 nitrogen and oxygen atoms in total. The van der Waals surface area contributed by atoms with Gasteiger partial charge in [-0.3, -0.25) is 0 Å². The third-order valence-corrected chi connectivity index (χ3v) is 3.16. The second kappa shape index (κ2) is 4.58. The van der Waals surface area contributed by atoms with Crippen LogP contribution in [0.25, 0.3) is 11.3 Å². The van der Waals surface area contributed by atoms with Gasteiger partial charge in [0.15, 0.2) is 11.5 Å². The maximum atomic E-state index is 12.4. The molecule has 1 aromatic heterocycles. The molecule has 8 heteroatoms. The van der Waals surface area contributed by atoms with Gasteiger partial charge >= 0.3 is 6.18 Å². The smallest absolute Gasteiger partial charge is 0.436 e. The van der Waals surface area contributed by atoms with Gasteiger partial charge in [0.1, 0.15) is 5.75 Å². The zero-order chi connectivity index (χ0) is 13.5. The van der Waals surface area contributed by atoms with Crippen molar-refractivity contribution in [2.75, 3.05) is 0 Å². The van der Waals surface area contributed by atoms with Gasteiger partial charge in [-0.25, -0.2) is 0 Å². The van der Waals surface area contributed by atoms with Gasteiger partial charge in [0.25, 0.3) is 0 Å². The van der Waals surface area contributed by atoms with Gasteiger partial charge in [0.2, 0.25) is 0 Å². The van der Waals surface area contributed by atoms with Gasteiger partial charge in [-0.05, 0) is 28.1 Å². The van der Waals surface area contributed by atoms with Crippen LogP contribution in [0.15, 0.2) is 31.7 Å². The first-order valence-corrected chi connectivity index (χ1v) is 6.10. The van der Waals surface area contributed by atoms with Crippen LogP contribution in [0.3, 0.4) is 0 Å². The molecular weight excluding hydrogens is 383 g/mol. The molecule has 2 aromatic rings. The Hall–Kier alpha value is -1.02. The molecule has 0 aliphatic carbocycles. The summed E-state index contributed by atoms with van der Waals surface area (Å²) in [6, 6.07) is 3.72. The maximum absolute atomic E-state index is 12.4. The molecule has 0 atom stereocenters. The molecule has 0 aliphatic heterocycles. The Morgan fingerprint density at radius 3 is 2.39 bits per heavy atom. The number of phenols is 1. The number of halogens is 5. The van der Waals surface area contributed by atoms with Crippen LogP contribution in [0.1, 0.15) is 5.69 Å². The Morgan fingerprint density at radius 1 is 1.17 bits per heavy atom. The number of rotatable bonds is 1. The third kappa shape index (κ3) is 2.54. The van der Waals surface area contributed by atoms with Crippen molar-refractivity contribution < 1.29 is 22.8 Å². The molecule has 0 bridgehead atoms. The molecule has 0 spiro atoms. The van der Waals surface area contributed by atoms with Gasteiger partial charge in [0.05, 0.1) is 10.0 Å². The van der Waals surface area contributed by atoms with Gasteiger partial charge < -0.3 is 9.63 Å². The highest BCUT2D eigenvalue weighted by Gasteiger charge is 2.35. The molecule has 96 valence electrons. The summed E-state index contributed by atoms with van der Waals surface area (Å²) < 4.78 is 42.6. The summed E-state index contributed by atoms with van der Waals surface area (Å²) in [5.41, 5.74) is -1.03. The number of phenolic OH excluding ortho intramolecular Hbond substituents is 1. The Balaban J connectivity index is 2.53. The van der Waals surface area contributed by atoms with Crippen LogP contribution in [0.2, 0.25) is 0 Å². The number of nitrogens with zero attached hydrogens (tertiary/aromatic N) is 1. The normalized spacial score (nSPS) is 11.8. The zero-order valence-corrected chi connectivity index (χ0v) is 11.6. The lowest BCUT2D eigenvalue weighted by Gasteiger charge is -2.03. The van der Waals surface area contributed by atoms with E-state index in [2.05, 4.69) is 41.5 Å². The first-order valence-electron chi connectivity index (χ1n) is 4.51. The molecule has 1 N–H and O–H groups in total. The number of hydrogen-bond donors (Lipinski definition) is 1. The van der Waals surface area contributed by atoms with E-state index in [9.17, 15) is 18.3 Å². The van der Waals surface area contributed by atoms with E-state index >= 15 is 0 Å². The van der Waals surface area contributed by atoms with E-state index in [-0.39, 0.29) is 17.1 Å². The Kier molecular flexibility index (Phi) is 3.41. The van der Waals surface area contributed by atoms with Crippen LogP contribution in [-0.2, 0) is 6.18 Å². The van der Waals surface area contributed by atoms with Crippen molar-refractivity contribution in [2.45, 2.75) is 6.18 Å². The minimum atomic E-state index is -4.58. The second-order valence-corrected chi connectivity index (χ2v) is 5.13. The molecule has 0 aliphatic rings. The fourth-order valence-corrected chi connectivity index (χ4v) is 2.51. The molecule has 0 radical (unpaired) electrons. The largest absolute Gasteiger partial charge is 0.506 e. The van der Waals surface area contributed by atoms with Gasteiger partial charge in [0, 0.05) is 10.5 Å². The molecule has 1 heterocycles. The summed E-state index contributed by atoms with van der Waals surface area (Å²) in [6.45, 7) is 0. The third-order valence-electron chi connectivity index (χ3n) is 2.09. The summed E-state index contributed by atoms with van der Waals surface area (Å²) in [4.78, 5) is 0. The van der Waals surface area contributed by atoms with Crippen LogP contribution in [-0.4, -0.2) is 10.3 Å². The highest BCUT2D eigenvalue weighted by atomic mass is 79.9. The number of alkyl halides is 3. The van der Waals surface area contributed by atoms with Gasteiger partial charge in [-0.15, -0.1) is 0 Å². The maximum Gasteiger partial charge on any atom is 0.436 e. The van der Waals surface area contributed by atoms with Crippen molar-refractivity contribution in [2.24, 2.45) is 0 Å². The lowest BCUT2D eigenvalue weighted by Crippen LogP contribution is -2.04. The summed E-state index contributed by atoms with van der Waals surface area (Å²) in [5.74, 6) is -0.384. The molecule has 0 saturated carbocycles. The van der Waals surface area contributed by atoms with Crippen LogP contribution in [0, 0.1) is 0 Å². The van der Waals surface area contributed by atoms with E-state index in [1.807, 2.05) is 0 Å². The Morgan fingerprint density at radius 2 is 1.83 bits per heavy atom. The van der Waals surface area contributed by atoms with Gasteiger partial charge in [-0.1, -0.05) is 21.1 Å². The van der Waals surface area contributed by atoms with E-state index in [0.29, 0.717) is 8.95 Å². The van der Waals surface area contributed by atoms with E-state index in [4.69, 9.17) is 0 Å².